The number of amides is 2. The number of benzene rings is 1. The Hall–Kier alpha value is -2.80. The smallest absolute Gasteiger partial charge is 0.264 e. The third-order valence-electron chi connectivity index (χ3n) is 6.25. The molecule has 6 nitrogen and oxygen atoms in total. The van der Waals surface area contributed by atoms with Crippen LogP contribution in [0.2, 0.25) is 0 Å². The molecular weight excluding hydrogens is 408 g/mol. The predicted octanol–water partition coefficient (Wildman–Crippen LogP) is 4.68. The molecule has 2 fully saturated rings. The standard InChI is InChI=1S/C24H26N4O2S/c1-14-19-15(2)25-21(16-10-11-16)27-23(19)31-20(14)24(30)28-12-6-7-17(13-28)22(29)26-18-8-4-3-5-9-18/h3-5,8-9,16-17H,6-7,10-13H2,1-2H3,(H,26,29)/t17-/m1/s1. The Morgan fingerprint density at radius 3 is 2.61 bits per heavy atom. The number of likely N-dealkylation sites (tertiary alicyclic amines) is 1. The van der Waals surface area contributed by atoms with Crippen LogP contribution in [0.15, 0.2) is 30.3 Å². The van der Waals surface area contributed by atoms with Crippen LogP contribution in [0.4, 0.5) is 5.69 Å². The Labute approximate surface area is 185 Å². The molecule has 0 unspecified atom stereocenters. The van der Waals surface area contributed by atoms with E-state index in [-0.39, 0.29) is 17.7 Å². The van der Waals surface area contributed by atoms with E-state index >= 15 is 0 Å². The number of aromatic nitrogens is 2. The van der Waals surface area contributed by atoms with Crippen LogP contribution in [0.25, 0.3) is 10.2 Å². The van der Waals surface area contributed by atoms with E-state index in [1.807, 2.05) is 49.1 Å². The van der Waals surface area contributed by atoms with Gasteiger partial charge < -0.3 is 10.2 Å². The largest absolute Gasteiger partial charge is 0.337 e. The number of nitrogens with zero attached hydrogens (tertiary/aromatic N) is 3. The quantitative estimate of drug-likeness (QED) is 0.647. The van der Waals surface area contributed by atoms with Crippen LogP contribution in [0.3, 0.4) is 0 Å². The Bertz CT molecular complexity index is 1150. The van der Waals surface area contributed by atoms with Gasteiger partial charge in [0.25, 0.3) is 5.91 Å². The zero-order valence-corrected chi connectivity index (χ0v) is 18.7. The van der Waals surface area contributed by atoms with Gasteiger partial charge in [0.1, 0.15) is 10.7 Å². The maximum absolute atomic E-state index is 13.4. The lowest BCUT2D eigenvalue weighted by atomic mass is 9.96. The molecule has 0 bridgehead atoms. The highest BCUT2D eigenvalue weighted by atomic mass is 32.1. The molecule has 2 amide bonds. The molecule has 31 heavy (non-hydrogen) atoms. The normalized spacial score (nSPS) is 18.9. The van der Waals surface area contributed by atoms with E-state index in [0.717, 1.165) is 63.5 Å². The van der Waals surface area contributed by atoms with Crippen molar-refractivity contribution in [1.29, 1.82) is 0 Å². The highest BCUT2D eigenvalue weighted by molar-refractivity contribution is 7.20. The average molecular weight is 435 g/mol. The summed E-state index contributed by atoms with van der Waals surface area (Å²) in [5.74, 6) is 1.18. The van der Waals surface area contributed by atoms with Crippen molar-refractivity contribution in [3.8, 4) is 0 Å². The number of fused-ring (bicyclic) bond motifs is 1. The zero-order chi connectivity index (χ0) is 21.5. The SMILES string of the molecule is Cc1nc(C2CC2)nc2sc(C(=O)N3CCC[C@@H](C(=O)Nc4ccccc4)C3)c(C)c12. The van der Waals surface area contributed by atoms with Gasteiger partial charge in [0.15, 0.2) is 0 Å². The van der Waals surface area contributed by atoms with Crippen LogP contribution in [0.5, 0.6) is 0 Å². The van der Waals surface area contributed by atoms with Crippen LogP contribution in [-0.4, -0.2) is 39.8 Å². The van der Waals surface area contributed by atoms with Gasteiger partial charge in [-0.05, 0) is 57.2 Å². The van der Waals surface area contributed by atoms with E-state index in [9.17, 15) is 9.59 Å². The molecular formula is C24H26N4O2S. The van der Waals surface area contributed by atoms with Crippen molar-refractivity contribution < 1.29 is 9.59 Å². The first-order valence-corrected chi connectivity index (χ1v) is 11.8. The zero-order valence-electron chi connectivity index (χ0n) is 17.9. The van der Waals surface area contributed by atoms with Crippen LogP contribution in [0.1, 0.15) is 58.4 Å². The van der Waals surface area contributed by atoms with Crippen molar-refractivity contribution in [3.63, 3.8) is 0 Å². The Morgan fingerprint density at radius 1 is 1.10 bits per heavy atom. The Balaban J connectivity index is 1.35. The second-order valence-electron chi connectivity index (χ2n) is 8.62. The first kappa shape index (κ1) is 20.1. The van der Waals surface area contributed by atoms with Gasteiger partial charge in [-0.1, -0.05) is 18.2 Å². The van der Waals surface area contributed by atoms with Crippen molar-refractivity contribution in [2.75, 3.05) is 18.4 Å². The van der Waals surface area contributed by atoms with E-state index < -0.39 is 0 Å². The van der Waals surface area contributed by atoms with E-state index in [0.29, 0.717) is 19.0 Å². The molecule has 1 aromatic carbocycles. The molecule has 1 saturated carbocycles. The highest BCUT2D eigenvalue weighted by Crippen LogP contribution is 2.40. The van der Waals surface area contributed by atoms with E-state index in [4.69, 9.17) is 9.97 Å². The van der Waals surface area contributed by atoms with Crippen molar-refractivity contribution in [3.05, 3.63) is 52.3 Å². The fraction of sp³-hybridized carbons (Fsp3) is 0.417. The number of thiophene rings is 1. The minimum absolute atomic E-state index is 0.00471. The number of para-hydroxylation sites is 1. The number of carbonyl (C=O) groups excluding carboxylic acids is 2. The topological polar surface area (TPSA) is 75.2 Å². The van der Waals surface area contributed by atoms with E-state index in [1.165, 1.54) is 11.3 Å². The van der Waals surface area contributed by atoms with E-state index in [1.54, 1.807) is 0 Å². The van der Waals surface area contributed by atoms with Gasteiger partial charge in [-0.25, -0.2) is 9.97 Å². The second kappa shape index (κ2) is 8.04. The number of aryl methyl sites for hydroxylation is 2. The summed E-state index contributed by atoms with van der Waals surface area (Å²) in [6.45, 7) is 5.13. The van der Waals surface area contributed by atoms with Gasteiger partial charge in [-0.3, -0.25) is 9.59 Å². The number of hydrogen-bond donors (Lipinski definition) is 1. The minimum Gasteiger partial charge on any atom is -0.337 e. The van der Waals surface area contributed by atoms with Gasteiger partial charge in [-0.2, -0.15) is 0 Å². The predicted molar refractivity (Wildman–Crippen MR) is 123 cm³/mol. The summed E-state index contributed by atoms with van der Waals surface area (Å²) in [7, 11) is 0. The highest BCUT2D eigenvalue weighted by Gasteiger charge is 2.32. The average Bonchev–Trinajstić information content (AvgIpc) is 3.57. The number of piperidine rings is 1. The summed E-state index contributed by atoms with van der Waals surface area (Å²) in [4.78, 5) is 39.1. The minimum atomic E-state index is -0.199. The summed E-state index contributed by atoms with van der Waals surface area (Å²) in [5, 5.41) is 3.99. The van der Waals surface area contributed by atoms with Crippen LogP contribution >= 0.6 is 11.3 Å². The number of carbonyl (C=O) groups is 2. The summed E-state index contributed by atoms with van der Waals surface area (Å²) in [6.07, 6.45) is 3.93. The molecule has 0 radical (unpaired) electrons. The lowest BCUT2D eigenvalue weighted by molar-refractivity contribution is -0.121. The number of rotatable bonds is 4. The number of hydrogen-bond acceptors (Lipinski definition) is 5. The number of nitrogens with one attached hydrogen (secondary N) is 1. The number of anilines is 1. The third kappa shape index (κ3) is 3.94. The molecule has 7 heteroatoms. The van der Waals surface area contributed by atoms with Gasteiger partial charge in [-0.15, -0.1) is 11.3 Å². The summed E-state index contributed by atoms with van der Waals surface area (Å²) in [6, 6.07) is 9.47. The first-order valence-electron chi connectivity index (χ1n) is 10.9. The van der Waals surface area contributed by atoms with E-state index in [2.05, 4.69) is 5.32 Å². The van der Waals surface area contributed by atoms with Gasteiger partial charge in [0.2, 0.25) is 5.91 Å². The maximum Gasteiger partial charge on any atom is 0.264 e. The summed E-state index contributed by atoms with van der Waals surface area (Å²) >= 11 is 1.47. The molecule has 5 rings (SSSR count). The molecule has 2 aromatic heterocycles. The lowest BCUT2D eigenvalue weighted by Gasteiger charge is -2.32. The molecule has 1 saturated heterocycles. The van der Waals surface area contributed by atoms with Crippen LogP contribution in [0, 0.1) is 19.8 Å². The Morgan fingerprint density at radius 2 is 1.87 bits per heavy atom. The van der Waals surface area contributed by atoms with Crippen molar-refractivity contribution in [1.82, 2.24) is 14.9 Å². The van der Waals surface area contributed by atoms with Crippen LogP contribution < -0.4 is 5.32 Å². The molecule has 2 aliphatic rings. The third-order valence-corrected chi connectivity index (χ3v) is 7.42. The molecule has 160 valence electrons. The molecule has 0 spiro atoms. The van der Waals surface area contributed by atoms with Crippen molar-refractivity contribution in [2.24, 2.45) is 5.92 Å². The van der Waals surface area contributed by atoms with Crippen molar-refractivity contribution >= 4 is 39.1 Å². The fourth-order valence-corrected chi connectivity index (χ4v) is 5.58. The monoisotopic (exact) mass is 434 g/mol. The fourth-order valence-electron chi connectivity index (χ4n) is 4.37. The molecule has 3 heterocycles. The van der Waals surface area contributed by atoms with Gasteiger partial charge in [0.05, 0.1) is 16.5 Å². The summed E-state index contributed by atoms with van der Waals surface area (Å²) in [5.41, 5.74) is 2.70. The van der Waals surface area contributed by atoms with Crippen LogP contribution in [-0.2, 0) is 4.79 Å². The second-order valence-corrected chi connectivity index (χ2v) is 9.62. The summed E-state index contributed by atoms with van der Waals surface area (Å²) < 4.78 is 0. The molecule has 1 atom stereocenters. The Kier molecular flexibility index (Phi) is 5.22. The molecule has 1 N–H and O–H groups in total. The first-order chi connectivity index (χ1) is 15.0. The van der Waals surface area contributed by atoms with Crippen molar-refractivity contribution in [2.45, 2.75) is 45.4 Å². The molecule has 1 aliphatic carbocycles. The molecule has 1 aliphatic heterocycles. The lowest BCUT2D eigenvalue weighted by Crippen LogP contribution is -2.43. The molecule has 3 aromatic rings. The maximum atomic E-state index is 13.4. The van der Waals surface area contributed by atoms with Gasteiger partial charge >= 0.3 is 0 Å². The van der Waals surface area contributed by atoms with Gasteiger partial charge in [0, 0.05) is 30.1 Å².